The Labute approximate surface area is 178 Å². The second-order valence-corrected chi connectivity index (χ2v) is 7.27. The first-order valence-corrected chi connectivity index (χ1v) is 10.0. The molecule has 154 valence electrons. The van der Waals surface area contributed by atoms with Crippen molar-refractivity contribution < 1.29 is 14.1 Å². The quantitative estimate of drug-likeness (QED) is 0.439. The minimum atomic E-state index is -0.394. The van der Waals surface area contributed by atoms with Crippen LogP contribution in [0, 0.1) is 6.92 Å². The lowest BCUT2D eigenvalue weighted by atomic mass is 10.2. The number of fused-ring (bicyclic) bond motifs is 1. The molecule has 2 heterocycles. The van der Waals surface area contributed by atoms with Crippen molar-refractivity contribution in [2.24, 2.45) is 0 Å². The number of rotatable bonds is 7. The van der Waals surface area contributed by atoms with E-state index >= 15 is 0 Å². The maximum atomic E-state index is 13.0. The molecule has 0 saturated heterocycles. The molecular weight excluding hydrogens is 404 g/mol. The summed E-state index contributed by atoms with van der Waals surface area (Å²) < 4.78 is 13.0. The molecule has 7 nitrogen and oxygen atoms in total. The van der Waals surface area contributed by atoms with Gasteiger partial charge in [-0.25, -0.2) is 4.98 Å². The normalized spacial score (nSPS) is 11.0. The summed E-state index contributed by atoms with van der Waals surface area (Å²) in [5.74, 6) is 1.25. The van der Waals surface area contributed by atoms with Crippen LogP contribution in [0.4, 0.5) is 5.95 Å². The standard InChI is InChI=1S/C22H21ClN4O3/c1-3-12-27-19-7-5-4-6-18(19)24-22(27)25-21(28)20-17(14(2)30-26-20)13-29-16-10-8-15(23)9-11-16/h4-11H,3,12-13H2,1-2H3,(H,24,25,28). The van der Waals surface area contributed by atoms with Crippen LogP contribution in [0.5, 0.6) is 5.75 Å². The number of carbonyl (C=O) groups excluding carboxylic acids is 1. The lowest BCUT2D eigenvalue weighted by molar-refractivity contribution is 0.101. The number of carbonyl (C=O) groups is 1. The van der Waals surface area contributed by atoms with Gasteiger partial charge >= 0.3 is 0 Å². The minimum absolute atomic E-state index is 0.144. The lowest BCUT2D eigenvalue weighted by Crippen LogP contribution is -2.18. The van der Waals surface area contributed by atoms with Gasteiger partial charge in [-0.1, -0.05) is 35.8 Å². The van der Waals surface area contributed by atoms with Crippen LogP contribution in [0.2, 0.25) is 5.02 Å². The number of aromatic nitrogens is 3. The first-order chi connectivity index (χ1) is 14.6. The third-order valence-corrected chi connectivity index (χ3v) is 4.98. The number of benzene rings is 2. The van der Waals surface area contributed by atoms with Gasteiger partial charge in [0.05, 0.1) is 16.6 Å². The molecule has 0 bridgehead atoms. The summed E-state index contributed by atoms with van der Waals surface area (Å²) in [6.45, 7) is 4.70. The van der Waals surface area contributed by atoms with Crippen LogP contribution in [0.25, 0.3) is 11.0 Å². The number of halogens is 1. The molecular formula is C22H21ClN4O3. The zero-order valence-electron chi connectivity index (χ0n) is 16.7. The molecule has 8 heteroatoms. The maximum absolute atomic E-state index is 13.0. The monoisotopic (exact) mass is 424 g/mol. The van der Waals surface area contributed by atoms with Crippen molar-refractivity contribution in [3.05, 3.63) is 70.6 Å². The van der Waals surface area contributed by atoms with Crippen LogP contribution in [0.3, 0.4) is 0 Å². The van der Waals surface area contributed by atoms with Gasteiger partial charge in [-0.05, 0) is 49.7 Å². The van der Waals surface area contributed by atoms with Crippen LogP contribution < -0.4 is 10.1 Å². The van der Waals surface area contributed by atoms with E-state index in [2.05, 4.69) is 22.4 Å². The highest BCUT2D eigenvalue weighted by atomic mass is 35.5. The fourth-order valence-corrected chi connectivity index (χ4v) is 3.33. The molecule has 0 aliphatic rings. The number of nitrogens with zero attached hydrogens (tertiary/aromatic N) is 3. The third-order valence-electron chi connectivity index (χ3n) is 4.72. The predicted molar refractivity (Wildman–Crippen MR) is 115 cm³/mol. The summed E-state index contributed by atoms with van der Waals surface area (Å²) >= 11 is 5.90. The van der Waals surface area contributed by atoms with E-state index < -0.39 is 5.91 Å². The highest BCUT2D eigenvalue weighted by molar-refractivity contribution is 6.30. The van der Waals surface area contributed by atoms with E-state index in [9.17, 15) is 4.79 Å². The number of amides is 1. The van der Waals surface area contributed by atoms with Crippen molar-refractivity contribution in [2.45, 2.75) is 33.4 Å². The largest absolute Gasteiger partial charge is 0.489 e. The van der Waals surface area contributed by atoms with Crippen molar-refractivity contribution in [1.29, 1.82) is 0 Å². The molecule has 0 aliphatic carbocycles. The summed E-state index contributed by atoms with van der Waals surface area (Å²) in [5, 5.41) is 7.44. The van der Waals surface area contributed by atoms with E-state index in [1.54, 1.807) is 31.2 Å². The number of aryl methyl sites for hydroxylation is 2. The number of hydrogen-bond donors (Lipinski definition) is 1. The molecule has 0 unspecified atom stereocenters. The van der Waals surface area contributed by atoms with Gasteiger partial charge in [0.2, 0.25) is 5.95 Å². The van der Waals surface area contributed by atoms with Gasteiger partial charge in [0.15, 0.2) is 5.69 Å². The molecule has 0 aliphatic heterocycles. The van der Waals surface area contributed by atoms with E-state index in [-0.39, 0.29) is 12.3 Å². The number of ether oxygens (including phenoxy) is 1. The summed E-state index contributed by atoms with van der Waals surface area (Å²) in [6.07, 6.45) is 0.909. The molecule has 1 amide bonds. The number of imidazole rings is 1. The Balaban J connectivity index is 1.56. The predicted octanol–water partition coefficient (Wildman–Crippen LogP) is 5.23. The topological polar surface area (TPSA) is 82.2 Å². The first kappa shape index (κ1) is 20.0. The zero-order valence-corrected chi connectivity index (χ0v) is 17.4. The molecule has 30 heavy (non-hydrogen) atoms. The van der Waals surface area contributed by atoms with Crippen LogP contribution in [-0.4, -0.2) is 20.6 Å². The van der Waals surface area contributed by atoms with E-state index in [1.807, 2.05) is 28.8 Å². The maximum Gasteiger partial charge on any atom is 0.280 e. The Morgan fingerprint density at radius 2 is 1.97 bits per heavy atom. The van der Waals surface area contributed by atoms with Crippen LogP contribution in [0.1, 0.15) is 35.2 Å². The fraction of sp³-hybridized carbons (Fsp3) is 0.227. The number of nitrogens with one attached hydrogen (secondary N) is 1. The number of hydrogen-bond acceptors (Lipinski definition) is 5. The van der Waals surface area contributed by atoms with Gasteiger partial charge in [0.25, 0.3) is 5.91 Å². The Bertz CT molecular complexity index is 1180. The number of para-hydroxylation sites is 2. The zero-order chi connectivity index (χ0) is 21.1. The van der Waals surface area contributed by atoms with Crippen LogP contribution >= 0.6 is 11.6 Å². The summed E-state index contributed by atoms with van der Waals surface area (Å²) in [4.78, 5) is 17.5. The average Bonchev–Trinajstić information content (AvgIpc) is 3.28. The van der Waals surface area contributed by atoms with Crippen molar-refractivity contribution in [3.63, 3.8) is 0 Å². The molecule has 0 spiro atoms. The van der Waals surface area contributed by atoms with E-state index in [4.69, 9.17) is 20.9 Å². The molecule has 1 N–H and O–H groups in total. The van der Waals surface area contributed by atoms with E-state index in [0.29, 0.717) is 28.0 Å². The Kier molecular flexibility index (Phi) is 5.72. The highest BCUT2D eigenvalue weighted by Crippen LogP contribution is 2.23. The molecule has 0 fully saturated rings. The van der Waals surface area contributed by atoms with Crippen molar-refractivity contribution in [3.8, 4) is 5.75 Å². The molecule has 0 saturated carbocycles. The van der Waals surface area contributed by atoms with E-state index in [1.165, 1.54) is 0 Å². The van der Waals surface area contributed by atoms with Gasteiger partial charge in [-0.15, -0.1) is 0 Å². The molecule has 2 aromatic heterocycles. The fourth-order valence-electron chi connectivity index (χ4n) is 3.21. The van der Waals surface area contributed by atoms with Gasteiger partial charge in [-0.2, -0.15) is 0 Å². The Morgan fingerprint density at radius 3 is 2.73 bits per heavy atom. The Morgan fingerprint density at radius 1 is 1.20 bits per heavy atom. The van der Waals surface area contributed by atoms with Crippen molar-refractivity contribution in [1.82, 2.24) is 14.7 Å². The molecule has 0 radical (unpaired) electrons. The smallest absolute Gasteiger partial charge is 0.280 e. The van der Waals surface area contributed by atoms with E-state index in [0.717, 1.165) is 24.0 Å². The SMILES string of the molecule is CCCn1c(NC(=O)c2noc(C)c2COc2ccc(Cl)cc2)nc2ccccc21. The number of anilines is 1. The summed E-state index contributed by atoms with van der Waals surface area (Å²) in [6, 6.07) is 14.8. The molecule has 0 atom stereocenters. The summed E-state index contributed by atoms with van der Waals surface area (Å²) in [5.41, 5.74) is 2.55. The molecule has 4 aromatic rings. The second-order valence-electron chi connectivity index (χ2n) is 6.84. The van der Waals surface area contributed by atoms with Gasteiger partial charge in [0, 0.05) is 11.6 Å². The molecule has 2 aromatic carbocycles. The van der Waals surface area contributed by atoms with Gasteiger partial charge < -0.3 is 13.8 Å². The molecule has 4 rings (SSSR count). The minimum Gasteiger partial charge on any atom is -0.489 e. The lowest BCUT2D eigenvalue weighted by Gasteiger charge is -2.09. The summed E-state index contributed by atoms with van der Waals surface area (Å²) in [7, 11) is 0. The van der Waals surface area contributed by atoms with Crippen LogP contribution in [0.15, 0.2) is 53.1 Å². The Hall–Kier alpha value is -3.32. The average molecular weight is 425 g/mol. The van der Waals surface area contributed by atoms with Gasteiger partial charge in [0.1, 0.15) is 18.1 Å². The first-order valence-electron chi connectivity index (χ1n) is 9.67. The van der Waals surface area contributed by atoms with Crippen LogP contribution in [-0.2, 0) is 13.2 Å². The highest BCUT2D eigenvalue weighted by Gasteiger charge is 2.22. The third kappa shape index (κ3) is 4.02. The van der Waals surface area contributed by atoms with Crippen molar-refractivity contribution in [2.75, 3.05) is 5.32 Å². The second kappa shape index (κ2) is 8.59. The van der Waals surface area contributed by atoms with Gasteiger partial charge in [-0.3, -0.25) is 10.1 Å². The van der Waals surface area contributed by atoms with Crippen molar-refractivity contribution >= 4 is 34.5 Å².